The Bertz CT molecular complexity index is 2350. The number of rotatable bonds is 26. The molecule has 0 aliphatic carbocycles. The number of nitrogens with zero attached hydrogens (tertiary/aromatic N) is 7. The molecule has 66 heavy (non-hydrogen) atoms. The fraction of sp³-hybridized carbons (Fsp3) is 0.275. The van der Waals surface area contributed by atoms with Crippen LogP contribution in [0, 0.1) is 0 Å². The SMILES string of the molecule is C=Cc1ccc(-c2nc(NCCCCCCOC(=O)c3ccc(N=Nc4ccc(OC)cc4)cc3)nc(NCCCCCCOC(=O)c3ccc(N=Nc4ccc(OC)cc4)cc3)n2)cc1. The zero-order valence-electron chi connectivity index (χ0n) is 37.4. The minimum absolute atomic E-state index is 0.340. The van der Waals surface area contributed by atoms with E-state index < -0.39 is 0 Å². The highest BCUT2D eigenvalue weighted by atomic mass is 16.5. The summed E-state index contributed by atoms with van der Waals surface area (Å²) in [4.78, 5) is 39.2. The van der Waals surface area contributed by atoms with E-state index in [1.165, 1.54) is 0 Å². The molecule has 5 aromatic carbocycles. The van der Waals surface area contributed by atoms with E-state index in [0.29, 0.717) is 77.9 Å². The number of unbranched alkanes of at least 4 members (excludes halogenated alkanes) is 6. The molecule has 15 heteroatoms. The predicted molar refractivity (Wildman–Crippen MR) is 257 cm³/mol. The van der Waals surface area contributed by atoms with Crippen LogP contribution in [-0.2, 0) is 9.47 Å². The molecule has 0 radical (unpaired) electrons. The number of hydrogen-bond acceptors (Lipinski definition) is 15. The van der Waals surface area contributed by atoms with Gasteiger partial charge in [-0.05, 0) is 141 Å². The number of aromatic nitrogens is 3. The van der Waals surface area contributed by atoms with Crippen LogP contribution in [0.5, 0.6) is 11.5 Å². The fourth-order valence-corrected chi connectivity index (χ4v) is 6.35. The van der Waals surface area contributed by atoms with E-state index in [4.69, 9.17) is 28.9 Å². The van der Waals surface area contributed by atoms with Gasteiger partial charge in [0.25, 0.3) is 0 Å². The minimum atomic E-state index is -0.367. The first-order valence-corrected chi connectivity index (χ1v) is 22.0. The van der Waals surface area contributed by atoms with Gasteiger partial charge in [0.15, 0.2) is 5.82 Å². The van der Waals surface area contributed by atoms with E-state index in [9.17, 15) is 9.59 Å². The van der Waals surface area contributed by atoms with Crippen molar-refractivity contribution in [1.82, 2.24) is 15.0 Å². The van der Waals surface area contributed by atoms with Gasteiger partial charge in [0, 0.05) is 18.7 Å². The number of anilines is 2. The van der Waals surface area contributed by atoms with Crippen molar-refractivity contribution in [2.75, 3.05) is 51.2 Å². The molecule has 0 aliphatic heterocycles. The molecule has 0 unspecified atom stereocenters. The molecule has 0 aliphatic rings. The van der Waals surface area contributed by atoms with Gasteiger partial charge in [-0.1, -0.05) is 49.8 Å². The molecule has 6 rings (SSSR count). The highest BCUT2D eigenvalue weighted by Gasteiger charge is 2.11. The van der Waals surface area contributed by atoms with Crippen molar-refractivity contribution < 1.29 is 28.5 Å². The molecule has 0 fully saturated rings. The third-order valence-corrected chi connectivity index (χ3v) is 10.1. The van der Waals surface area contributed by atoms with Crippen molar-refractivity contribution in [3.05, 3.63) is 145 Å². The van der Waals surface area contributed by atoms with E-state index in [0.717, 1.165) is 74.0 Å². The Hall–Kier alpha value is -7.81. The van der Waals surface area contributed by atoms with Crippen molar-refractivity contribution >= 4 is 52.7 Å². The summed E-state index contributed by atoms with van der Waals surface area (Å²) in [6.45, 7) is 5.88. The first kappa shape index (κ1) is 47.7. The molecule has 15 nitrogen and oxygen atoms in total. The zero-order valence-corrected chi connectivity index (χ0v) is 37.4. The lowest BCUT2D eigenvalue weighted by molar-refractivity contribution is 0.0488. The van der Waals surface area contributed by atoms with E-state index in [1.807, 2.05) is 72.8 Å². The van der Waals surface area contributed by atoms with Crippen molar-refractivity contribution in [3.8, 4) is 22.9 Å². The van der Waals surface area contributed by atoms with Gasteiger partial charge in [-0.15, -0.1) is 0 Å². The molecule has 0 spiro atoms. The number of carbonyl (C=O) groups excluding carboxylic acids is 2. The summed E-state index contributed by atoms with van der Waals surface area (Å²) in [5.74, 6) is 2.31. The van der Waals surface area contributed by atoms with Gasteiger partial charge in [-0.3, -0.25) is 0 Å². The van der Waals surface area contributed by atoms with Gasteiger partial charge < -0.3 is 29.6 Å². The maximum Gasteiger partial charge on any atom is 0.338 e. The third kappa shape index (κ3) is 15.8. The number of hydrogen-bond donors (Lipinski definition) is 2. The van der Waals surface area contributed by atoms with E-state index in [-0.39, 0.29) is 11.9 Å². The summed E-state index contributed by atoms with van der Waals surface area (Å²) >= 11 is 0. The van der Waals surface area contributed by atoms with Crippen molar-refractivity contribution in [2.45, 2.75) is 51.4 Å². The predicted octanol–water partition coefficient (Wildman–Crippen LogP) is 12.7. The molecule has 0 saturated carbocycles. The Morgan fingerprint density at radius 2 is 0.879 bits per heavy atom. The van der Waals surface area contributed by atoms with Gasteiger partial charge in [-0.25, -0.2) is 9.59 Å². The summed E-state index contributed by atoms with van der Waals surface area (Å²) < 4.78 is 21.3. The van der Waals surface area contributed by atoms with Crippen LogP contribution in [0.1, 0.15) is 77.6 Å². The number of carbonyl (C=O) groups is 2. The van der Waals surface area contributed by atoms with Crippen molar-refractivity contribution in [3.63, 3.8) is 0 Å². The van der Waals surface area contributed by atoms with E-state index in [2.05, 4.69) is 42.7 Å². The quantitative estimate of drug-likeness (QED) is 0.0300. The number of methoxy groups -OCH3 is 2. The van der Waals surface area contributed by atoms with Crippen LogP contribution in [0.15, 0.2) is 148 Å². The van der Waals surface area contributed by atoms with Crippen molar-refractivity contribution in [2.24, 2.45) is 20.5 Å². The molecule has 1 aromatic heterocycles. The zero-order chi connectivity index (χ0) is 46.2. The lowest BCUT2D eigenvalue weighted by Crippen LogP contribution is -2.12. The first-order valence-electron chi connectivity index (χ1n) is 22.0. The second kappa shape index (κ2) is 26.1. The number of nitrogens with one attached hydrogen (secondary N) is 2. The van der Waals surface area contributed by atoms with Crippen LogP contribution in [0.2, 0.25) is 0 Å². The van der Waals surface area contributed by atoms with Gasteiger partial charge in [0.2, 0.25) is 11.9 Å². The first-order chi connectivity index (χ1) is 32.4. The number of esters is 2. The Kier molecular flexibility index (Phi) is 18.8. The molecular formula is C51H55N9O6. The molecular weight excluding hydrogens is 835 g/mol. The highest BCUT2D eigenvalue weighted by molar-refractivity contribution is 5.90. The van der Waals surface area contributed by atoms with Crippen LogP contribution in [0.3, 0.4) is 0 Å². The van der Waals surface area contributed by atoms with Gasteiger partial charge in [0.1, 0.15) is 11.5 Å². The maximum atomic E-state index is 12.6. The average molecular weight is 890 g/mol. The monoisotopic (exact) mass is 889 g/mol. The maximum absolute atomic E-state index is 12.6. The van der Waals surface area contributed by atoms with Gasteiger partial charge in [0.05, 0.1) is 61.3 Å². The Labute approximate surface area is 385 Å². The van der Waals surface area contributed by atoms with Crippen LogP contribution < -0.4 is 20.1 Å². The summed E-state index contributed by atoms with van der Waals surface area (Å²) in [7, 11) is 3.22. The van der Waals surface area contributed by atoms with Crippen LogP contribution in [0.4, 0.5) is 34.6 Å². The smallest absolute Gasteiger partial charge is 0.338 e. The average Bonchev–Trinajstić information content (AvgIpc) is 3.37. The molecule has 0 amide bonds. The molecule has 1 heterocycles. The molecule has 0 atom stereocenters. The summed E-state index contributed by atoms with van der Waals surface area (Å²) in [5, 5.41) is 23.6. The normalized spacial score (nSPS) is 11.1. The number of ether oxygens (including phenoxy) is 4. The van der Waals surface area contributed by atoms with Gasteiger partial charge in [-0.2, -0.15) is 35.4 Å². The van der Waals surface area contributed by atoms with E-state index in [1.54, 1.807) is 68.8 Å². The second-order valence-electron chi connectivity index (χ2n) is 15.0. The Balaban J connectivity index is 0.862. The third-order valence-electron chi connectivity index (χ3n) is 10.1. The standard InChI is InChI=1S/C51H55N9O6/c1-4-37-13-15-38(16-14-37)47-54-50(52-33-9-5-7-11-35-65-48(61)39-17-21-41(22-18-39)57-59-43-25-29-45(63-2)30-26-43)56-51(55-47)53-34-10-6-8-12-36-66-49(62)40-19-23-42(24-20-40)58-60-44-27-31-46(64-3)32-28-44/h4,13-32H,1,5-12,33-36H2,2-3H3,(H2,52,53,54,55,56). The Morgan fingerprint density at radius 3 is 1.26 bits per heavy atom. The minimum Gasteiger partial charge on any atom is -0.497 e. The lowest BCUT2D eigenvalue weighted by Gasteiger charge is -2.11. The topological polar surface area (TPSA) is 183 Å². The Morgan fingerprint density at radius 1 is 0.500 bits per heavy atom. The van der Waals surface area contributed by atoms with Crippen LogP contribution in [0.25, 0.3) is 17.5 Å². The van der Waals surface area contributed by atoms with Crippen molar-refractivity contribution in [1.29, 1.82) is 0 Å². The molecule has 6 aromatic rings. The molecule has 0 saturated heterocycles. The van der Waals surface area contributed by atoms with Crippen LogP contribution in [-0.4, -0.2) is 67.4 Å². The number of azo groups is 2. The number of benzene rings is 5. The fourth-order valence-electron chi connectivity index (χ4n) is 6.35. The van der Waals surface area contributed by atoms with Crippen LogP contribution >= 0.6 is 0 Å². The summed E-state index contributed by atoms with van der Waals surface area (Å²) in [6.07, 6.45) is 8.78. The molecule has 2 N–H and O–H groups in total. The summed E-state index contributed by atoms with van der Waals surface area (Å²) in [5.41, 5.74) is 5.47. The highest BCUT2D eigenvalue weighted by Crippen LogP contribution is 2.24. The molecule has 0 bridgehead atoms. The second-order valence-corrected chi connectivity index (χ2v) is 15.0. The lowest BCUT2D eigenvalue weighted by atomic mass is 10.1. The summed E-state index contributed by atoms with van der Waals surface area (Å²) in [6, 6.07) is 36.1. The van der Waals surface area contributed by atoms with Gasteiger partial charge >= 0.3 is 11.9 Å². The largest absolute Gasteiger partial charge is 0.497 e. The molecule has 340 valence electrons. The van der Waals surface area contributed by atoms with E-state index >= 15 is 0 Å².